The van der Waals surface area contributed by atoms with Crippen LogP contribution >= 0.6 is 23.4 Å². The Bertz CT molecular complexity index is 465. The van der Waals surface area contributed by atoms with Gasteiger partial charge in [0.2, 0.25) is 11.8 Å². The maximum Gasteiger partial charge on any atom is 0.234 e. The Hall–Kier alpha value is -1.20. The van der Waals surface area contributed by atoms with Crippen molar-refractivity contribution in [3.63, 3.8) is 0 Å². The molecule has 0 fully saturated rings. The molecule has 0 aliphatic heterocycles. The van der Waals surface area contributed by atoms with E-state index >= 15 is 0 Å². The Morgan fingerprint density at radius 2 is 2.17 bits per heavy atom. The second-order valence-corrected chi connectivity index (χ2v) is 5.63. The number of benzene rings is 1. The van der Waals surface area contributed by atoms with Gasteiger partial charge in [-0.25, -0.2) is 0 Å². The number of halogens is 1. The van der Waals surface area contributed by atoms with Gasteiger partial charge in [0.1, 0.15) is 0 Å². The van der Waals surface area contributed by atoms with Crippen molar-refractivity contribution in [2.24, 2.45) is 5.73 Å². The molecule has 1 aromatic carbocycles. The third-order valence-corrected chi connectivity index (χ3v) is 3.72. The lowest BCUT2D eigenvalue weighted by Gasteiger charge is -2.10. The van der Waals surface area contributed by atoms with Crippen molar-refractivity contribution in [3.05, 3.63) is 28.8 Å². The minimum Gasteiger partial charge on any atom is -0.369 e. The van der Waals surface area contributed by atoms with Crippen LogP contribution in [0.25, 0.3) is 0 Å². The summed E-state index contributed by atoms with van der Waals surface area (Å²) in [6.07, 6.45) is 0. The average molecular weight is 287 g/mol. The summed E-state index contributed by atoms with van der Waals surface area (Å²) in [6, 6.07) is 5.23. The molecular weight excluding hydrogens is 272 g/mol. The molecule has 1 unspecified atom stereocenters. The minimum atomic E-state index is -0.421. The summed E-state index contributed by atoms with van der Waals surface area (Å²) in [5.74, 6) is -0.402. The van der Waals surface area contributed by atoms with Gasteiger partial charge in [0.05, 0.1) is 11.0 Å². The van der Waals surface area contributed by atoms with Crippen LogP contribution in [-0.2, 0) is 9.59 Å². The standard InChI is InChI=1S/C12H15ClN2O2S/c1-7-5-9(13)3-4-10(7)15-11(16)6-18-8(2)12(14)17/h3-5,8H,6H2,1-2H3,(H2,14,17)(H,15,16). The predicted octanol–water partition coefficient (Wildman–Crippen LogP) is 2.19. The summed E-state index contributed by atoms with van der Waals surface area (Å²) in [4.78, 5) is 22.5. The highest BCUT2D eigenvalue weighted by atomic mass is 35.5. The normalized spacial score (nSPS) is 11.9. The number of carbonyl (C=O) groups excluding carboxylic acids is 2. The van der Waals surface area contributed by atoms with E-state index in [1.54, 1.807) is 25.1 Å². The number of nitrogens with two attached hydrogens (primary N) is 1. The Morgan fingerprint density at radius 1 is 1.50 bits per heavy atom. The largest absolute Gasteiger partial charge is 0.369 e. The molecule has 1 aromatic rings. The molecule has 0 saturated heterocycles. The lowest BCUT2D eigenvalue weighted by Crippen LogP contribution is -2.25. The monoisotopic (exact) mass is 286 g/mol. The number of nitrogens with one attached hydrogen (secondary N) is 1. The number of hydrogen-bond acceptors (Lipinski definition) is 3. The Kier molecular flexibility index (Phi) is 5.50. The van der Waals surface area contributed by atoms with E-state index in [-0.39, 0.29) is 16.9 Å². The molecule has 1 atom stereocenters. The average Bonchev–Trinajstić information content (AvgIpc) is 2.29. The SMILES string of the molecule is Cc1cc(Cl)ccc1NC(=O)CSC(C)C(N)=O. The van der Waals surface area contributed by atoms with Crippen molar-refractivity contribution in [2.45, 2.75) is 19.1 Å². The van der Waals surface area contributed by atoms with Crippen LogP contribution < -0.4 is 11.1 Å². The third kappa shape index (κ3) is 4.58. The Balaban J connectivity index is 2.52. The van der Waals surface area contributed by atoms with Crippen molar-refractivity contribution >= 4 is 40.9 Å². The number of anilines is 1. The van der Waals surface area contributed by atoms with E-state index in [9.17, 15) is 9.59 Å². The van der Waals surface area contributed by atoms with Gasteiger partial charge in [0.25, 0.3) is 0 Å². The van der Waals surface area contributed by atoms with Gasteiger partial charge in [0, 0.05) is 10.7 Å². The lowest BCUT2D eigenvalue weighted by atomic mass is 10.2. The van der Waals surface area contributed by atoms with E-state index in [4.69, 9.17) is 17.3 Å². The van der Waals surface area contributed by atoms with Crippen LogP contribution in [0, 0.1) is 6.92 Å². The molecule has 0 radical (unpaired) electrons. The number of rotatable bonds is 5. The van der Waals surface area contributed by atoms with Gasteiger partial charge in [-0.2, -0.15) is 0 Å². The summed E-state index contributed by atoms with van der Waals surface area (Å²) in [7, 11) is 0. The Morgan fingerprint density at radius 3 is 2.72 bits per heavy atom. The van der Waals surface area contributed by atoms with Crippen molar-refractivity contribution in [1.82, 2.24) is 0 Å². The van der Waals surface area contributed by atoms with Gasteiger partial charge in [-0.05, 0) is 37.6 Å². The summed E-state index contributed by atoms with van der Waals surface area (Å²) in [5.41, 5.74) is 6.72. The molecule has 2 amide bonds. The van der Waals surface area contributed by atoms with Gasteiger partial charge in [-0.1, -0.05) is 11.6 Å². The smallest absolute Gasteiger partial charge is 0.234 e. The van der Waals surface area contributed by atoms with Crippen molar-refractivity contribution in [2.75, 3.05) is 11.1 Å². The molecule has 3 N–H and O–H groups in total. The summed E-state index contributed by atoms with van der Waals surface area (Å²) in [6.45, 7) is 3.54. The van der Waals surface area contributed by atoms with E-state index in [0.29, 0.717) is 5.02 Å². The van der Waals surface area contributed by atoms with Crippen LogP contribution in [0.15, 0.2) is 18.2 Å². The van der Waals surface area contributed by atoms with Crippen molar-refractivity contribution in [3.8, 4) is 0 Å². The molecule has 18 heavy (non-hydrogen) atoms. The predicted molar refractivity (Wildman–Crippen MR) is 75.9 cm³/mol. The molecular formula is C12H15ClN2O2S. The number of amides is 2. The lowest BCUT2D eigenvalue weighted by molar-refractivity contribution is -0.117. The molecule has 0 saturated carbocycles. The molecule has 6 heteroatoms. The van der Waals surface area contributed by atoms with Crippen LogP contribution in [0.3, 0.4) is 0 Å². The van der Waals surface area contributed by atoms with Crippen LogP contribution in [0.5, 0.6) is 0 Å². The summed E-state index contributed by atoms with van der Waals surface area (Å²) < 4.78 is 0. The van der Waals surface area contributed by atoms with Gasteiger partial charge >= 0.3 is 0 Å². The highest BCUT2D eigenvalue weighted by Gasteiger charge is 2.12. The first kappa shape index (κ1) is 14.9. The molecule has 0 aliphatic rings. The van der Waals surface area contributed by atoms with E-state index in [2.05, 4.69) is 5.32 Å². The number of primary amides is 1. The molecule has 4 nitrogen and oxygen atoms in total. The highest BCUT2D eigenvalue weighted by molar-refractivity contribution is 8.01. The third-order valence-electron chi connectivity index (χ3n) is 2.33. The summed E-state index contributed by atoms with van der Waals surface area (Å²) in [5, 5.41) is 3.02. The fraction of sp³-hybridized carbons (Fsp3) is 0.333. The number of carbonyl (C=O) groups is 2. The van der Waals surface area contributed by atoms with Crippen molar-refractivity contribution in [1.29, 1.82) is 0 Å². The van der Waals surface area contributed by atoms with Crippen LogP contribution in [0.2, 0.25) is 5.02 Å². The Labute approximate surface area is 115 Å². The molecule has 0 bridgehead atoms. The topological polar surface area (TPSA) is 72.2 Å². The van der Waals surface area contributed by atoms with E-state index in [1.807, 2.05) is 6.92 Å². The van der Waals surface area contributed by atoms with Crippen molar-refractivity contribution < 1.29 is 9.59 Å². The fourth-order valence-corrected chi connectivity index (χ4v) is 2.10. The van der Waals surface area contributed by atoms with Crippen LogP contribution in [0.4, 0.5) is 5.69 Å². The molecule has 0 heterocycles. The quantitative estimate of drug-likeness (QED) is 0.871. The molecule has 98 valence electrons. The van der Waals surface area contributed by atoms with Gasteiger partial charge in [0.15, 0.2) is 0 Å². The second-order valence-electron chi connectivity index (χ2n) is 3.86. The minimum absolute atomic E-state index is 0.168. The fourth-order valence-electron chi connectivity index (χ4n) is 1.24. The van der Waals surface area contributed by atoms with E-state index in [1.165, 1.54) is 11.8 Å². The first-order valence-corrected chi connectivity index (χ1v) is 6.79. The zero-order chi connectivity index (χ0) is 13.7. The number of aryl methyl sites for hydroxylation is 1. The second kappa shape index (κ2) is 6.66. The molecule has 0 aromatic heterocycles. The van der Waals surface area contributed by atoms with Gasteiger partial charge in [-0.15, -0.1) is 11.8 Å². The molecule has 0 spiro atoms. The molecule has 0 aliphatic carbocycles. The summed E-state index contributed by atoms with van der Waals surface area (Å²) >= 11 is 7.03. The van der Waals surface area contributed by atoms with Gasteiger partial charge in [-0.3, -0.25) is 9.59 Å². The van der Waals surface area contributed by atoms with Crippen LogP contribution in [0.1, 0.15) is 12.5 Å². The zero-order valence-corrected chi connectivity index (χ0v) is 11.8. The molecule has 1 rings (SSSR count). The maximum absolute atomic E-state index is 11.7. The van der Waals surface area contributed by atoms with Crippen LogP contribution in [-0.4, -0.2) is 22.8 Å². The van der Waals surface area contributed by atoms with E-state index < -0.39 is 5.91 Å². The van der Waals surface area contributed by atoms with E-state index in [0.717, 1.165) is 11.3 Å². The first-order chi connectivity index (χ1) is 8.40. The first-order valence-electron chi connectivity index (χ1n) is 5.37. The zero-order valence-electron chi connectivity index (χ0n) is 10.2. The maximum atomic E-state index is 11.7. The number of thioether (sulfide) groups is 1. The number of hydrogen-bond donors (Lipinski definition) is 2. The van der Waals surface area contributed by atoms with Gasteiger partial charge < -0.3 is 11.1 Å². The highest BCUT2D eigenvalue weighted by Crippen LogP contribution is 2.20.